The minimum Gasteiger partial charge on any atom is -0.368 e. The number of hydrogen-bond donors (Lipinski definition) is 1. The number of alkyl halides is 6. The van der Waals surface area contributed by atoms with Gasteiger partial charge >= 0.3 is 31.3 Å². The van der Waals surface area contributed by atoms with Gasteiger partial charge in [-0.1, -0.05) is 30.3 Å². The number of benzene rings is 1. The summed E-state index contributed by atoms with van der Waals surface area (Å²) in [6, 6.07) is 7.44. The summed E-state index contributed by atoms with van der Waals surface area (Å²) in [7, 11) is -12.7. The molecule has 0 aromatic heterocycles. The van der Waals surface area contributed by atoms with Gasteiger partial charge in [-0.15, -0.1) is 0 Å². The van der Waals surface area contributed by atoms with Crippen molar-refractivity contribution in [2.75, 3.05) is 6.61 Å². The summed E-state index contributed by atoms with van der Waals surface area (Å²) in [5, 5.41) is 9.76. The third kappa shape index (κ3) is 6.27. The highest BCUT2D eigenvalue weighted by Gasteiger charge is 2.56. The second-order valence-corrected chi connectivity index (χ2v) is 9.11. The van der Waals surface area contributed by atoms with Crippen LogP contribution in [0.4, 0.5) is 26.3 Å². The van der Waals surface area contributed by atoms with Gasteiger partial charge in [0.25, 0.3) is 0 Å². The van der Waals surface area contributed by atoms with E-state index < -0.39 is 69.1 Å². The summed E-state index contributed by atoms with van der Waals surface area (Å²) in [5.41, 5.74) is -11.6. The third-order valence-corrected chi connectivity index (χ3v) is 5.85. The van der Waals surface area contributed by atoms with Gasteiger partial charge in [0.1, 0.15) is 12.2 Å². The maximum Gasteiger partial charge on any atom is 0.523 e. The zero-order valence-corrected chi connectivity index (χ0v) is 16.5. The van der Waals surface area contributed by atoms with E-state index in [4.69, 9.17) is 4.74 Å². The minimum atomic E-state index is -6.39. The maximum atomic E-state index is 12.7. The Morgan fingerprint density at radius 3 is 1.94 bits per heavy atom. The first-order valence-corrected chi connectivity index (χ1v) is 10.8. The fraction of sp³-hybridized carbons (Fsp3) is 0.571. The fourth-order valence-electron chi connectivity index (χ4n) is 2.33. The molecule has 4 atom stereocenters. The summed E-state index contributed by atoms with van der Waals surface area (Å²) in [5.74, 6) is 0. The molecule has 1 heterocycles. The van der Waals surface area contributed by atoms with Gasteiger partial charge in [0, 0.05) is 0 Å². The van der Waals surface area contributed by atoms with E-state index in [1.165, 1.54) is 24.3 Å². The number of aliphatic hydroxyl groups excluding tert-OH is 1. The van der Waals surface area contributed by atoms with Crippen molar-refractivity contribution in [1.82, 2.24) is 0 Å². The number of ether oxygens (including phenoxy) is 2. The van der Waals surface area contributed by atoms with Crippen molar-refractivity contribution in [3.8, 4) is 0 Å². The molecular formula is C14H14F6O9S2. The number of rotatable bonds is 7. The molecule has 0 aliphatic carbocycles. The molecule has 0 saturated carbocycles. The van der Waals surface area contributed by atoms with Crippen molar-refractivity contribution >= 4 is 20.2 Å². The van der Waals surface area contributed by atoms with Crippen LogP contribution in [0.3, 0.4) is 0 Å². The quantitative estimate of drug-likeness (QED) is 0.333. The van der Waals surface area contributed by atoms with Gasteiger partial charge in [0.2, 0.25) is 0 Å². The molecule has 0 spiro atoms. The molecule has 0 bridgehead atoms. The number of aliphatic hydroxyl groups is 1. The van der Waals surface area contributed by atoms with Crippen LogP contribution in [0.1, 0.15) is 5.56 Å². The molecule has 0 radical (unpaired) electrons. The Morgan fingerprint density at radius 1 is 0.903 bits per heavy atom. The lowest BCUT2D eigenvalue weighted by atomic mass is 10.1. The zero-order chi connectivity index (χ0) is 23.7. The molecule has 17 heteroatoms. The summed E-state index contributed by atoms with van der Waals surface area (Å²) in [4.78, 5) is 0. The SMILES string of the molecule is O=S(=O)(O[C@@H]1[C@@H](OCc2ccccc2)[C@@H](OS(=O)(=O)C(F)(F)F)CO[C@H]1O)C(F)(F)F. The highest BCUT2D eigenvalue weighted by atomic mass is 32.2. The second kappa shape index (κ2) is 9.16. The standard InChI is InChI=1S/C14H14F6O9S2/c15-13(16,17)30(22,23)28-9-7-27-12(21)11(29-31(24,25)14(18,19)20)10(9)26-6-8-4-2-1-3-5-8/h1-5,9-12,21H,6-7H2/t9-,10-,11+,12+/m0/s1. The smallest absolute Gasteiger partial charge is 0.368 e. The molecule has 9 nitrogen and oxygen atoms in total. The molecule has 0 amide bonds. The van der Waals surface area contributed by atoms with Crippen molar-refractivity contribution in [2.45, 2.75) is 42.2 Å². The Labute approximate surface area is 171 Å². The van der Waals surface area contributed by atoms with Gasteiger partial charge in [-0.05, 0) is 5.56 Å². The van der Waals surface area contributed by atoms with Gasteiger partial charge in [0.05, 0.1) is 13.2 Å². The summed E-state index contributed by atoms with van der Waals surface area (Å²) in [6.07, 6.45) is -9.60. The van der Waals surface area contributed by atoms with Crippen LogP contribution < -0.4 is 0 Å². The van der Waals surface area contributed by atoms with Crippen LogP contribution in [-0.4, -0.2) is 64.2 Å². The van der Waals surface area contributed by atoms with E-state index in [0.29, 0.717) is 5.56 Å². The van der Waals surface area contributed by atoms with Crippen LogP contribution in [0.25, 0.3) is 0 Å². The van der Waals surface area contributed by atoms with Crippen LogP contribution in [0.5, 0.6) is 0 Å². The Bertz CT molecular complexity index is 947. The van der Waals surface area contributed by atoms with Crippen molar-refractivity contribution in [3.63, 3.8) is 0 Å². The highest BCUT2D eigenvalue weighted by molar-refractivity contribution is 7.87. The first-order chi connectivity index (χ1) is 14.1. The Hall–Kier alpha value is -1.50. The van der Waals surface area contributed by atoms with Crippen LogP contribution in [0.15, 0.2) is 30.3 Å². The Kier molecular flexibility index (Phi) is 7.61. The first kappa shape index (κ1) is 25.8. The van der Waals surface area contributed by atoms with E-state index in [-0.39, 0.29) is 0 Å². The molecule has 0 unspecified atom stereocenters. The molecule has 31 heavy (non-hydrogen) atoms. The monoisotopic (exact) mass is 504 g/mol. The van der Waals surface area contributed by atoms with Gasteiger partial charge < -0.3 is 14.6 Å². The maximum absolute atomic E-state index is 12.7. The van der Waals surface area contributed by atoms with E-state index in [0.717, 1.165) is 0 Å². The normalized spacial score (nSPS) is 26.0. The van der Waals surface area contributed by atoms with E-state index in [1.54, 1.807) is 6.07 Å². The van der Waals surface area contributed by atoms with Crippen molar-refractivity contribution < 1.29 is 66.1 Å². The molecule has 1 aromatic rings. The summed E-state index contributed by atoms with van der Waals surface area (Å²) in [6.45, 7) is -1.65. The average Bonchev–Trinajstić information content (AvgIpc) is 2.62. The van der Waals surface area contributed by atoms with E-state index in [9.17, 15) is 48.3 Å². The van der Waals surface area contributed by atoms with Crippen molar-refractivity contribution in [3.05, 3.63) is 35.9 Å². The first-order valence-electron chi connectivity index (χ1n) is 7.99. The Balaban J connectivity index is 2.37. The lowest BCUT2D eigenvalue weighted by molar-refractivity contribution is -0.254. The number of halogens is 6. The van der Waals surface area contributed by atoms with Crippen LogP contribution >= 0.6 is 0 Å². The lowest BCUT2D eigenvalue weighted by Crippen LogP contribution is -2.58. The fourth-order valence-corrected chi connectivity index (χ4v) is 3.53. The lowest BCUT2D eigenvalue weighted by Gasteiger charge is -2.39. The van der Waals surface area contributed by atoms with Gasteiger partial charge in [-0.25, -0.2) is 0 Å². The van der Waals surface area contributed by atoms with Crippen molar-refractivity contribution in [1.29, 1.82) is 0 Å². The molecule has 1 N–H and O–H groups in total. The summed E-state index contributed by atoms with van der Waals surface area (Å²) >= 11 is 0. The molecule has 1 fully saturated rings. The van der Waals surface area contributed by atoms with Crippen molar-refractivity contribution in [2.24, 2.45) is 0 Å². The van der Waals surface area contributed by atoms with Gasteiger partial charge in [-0.2, -0.15) is 43.2 Å². The predicted octanol–water partition coefficient (Wildman–Crippen LogP) is 1.39. The average molecular weight is 504 g/mol. The molecule has 178 valence electrons. The molecule has 2 rings (SSSR count). The Morgan fingerprint density at radius 2 is 1.42 bits per heavy atom. The topological polar surface area (TPSA) is 125 Å². The molecule has 1 aromatic carbocycles. The zero-order valence-electron chi connectivity index (χ0n) is 14.9. The van der Waals surface area contributed by atoms with E-state index in [2.05, 4.69) is 13.1 Å². The van der Waals surface area contributed by atoms with Crippen LogP contribution in [-0.2, 0) is 44.7 Å². The predicted molar refractivity (Wildman–Crippen MR) is 86.7 cm³/mol. The third-order valence-electron chi connectivity index (χ3n) is 3.74. The molecule has 1 aliphatic rings. The van der Waals surface area contributed by atoms with E-state index in [1.807, 2.05) is 0 Å². The largest absolute Gasteiger partial charge is 0.523 e. The molecule has 1 saturated heterocycles. The van der Waals surface area contributed by atoms with Gasteiger partial charge in [-0.3, -0.25) is 8.37 Å². The molecule has 1 aliphatic heterocycles. The number of hydrogen-bond acceptors (Lipinski definition) is 9. The van der Waals surface area contributed by atoms with Crippen LogP contribution in [0.2, 0.25) is 0 Å². The van der Waals surface area contributed by atoms with E-state index >= 15 is 0 Å². The highest BCUT2D eigenvalue weighted by Crippen LogP contribution is 2.33. The minimum absolute atomic E-state index is 0.318. The summed E-state index contributed by atoms with van der Waals surface area (Å²) < 4.78 is 139. The second-order valence-electron chi connectivity index (χ2n) is 5.98. The molecular weight excluding hydrogens is 490 g/mol. The van der Waals surface area contributed by atoms with Crippen LogP contribution in [0, 0.1) is 0 Å². The van der Waals surface area contributed by atoms with Gasteiger partial charge in [0.15, 0.2) is 12.4 Å².